The van der Waals surface area contributed by atoms with Crippen LogP contribution in [0.4, 0.5) is 11.4 Å². The van der Waals surface area contributed by atoms with Crippen LogP contribution in [0.3, 0.4) is 0 Å². The average Bonchev–Trinajstić information content (AvgIpc) is 2.43. The van der Waals surface area contributed by atoms with Crippen molar-refractivity contribution in [2.24, 2.45) is 0 Å². The highest BCUT2D eigenvalue weighted by Crippen LogP contribution is 2.31. The van der Waals surface area contributed by atoms with E-state index in [1.54, 1.807) is 0 Å². The van der Waals surface area contributed by atoms with Gasteiger partial charge in [-0.2, -0.15) is 0 Å². The van der Waals surface area contributed by atoms with Gasteiger partial charge < -0.3 is 15.4 Å². The molecule has 0 aliphatic heterocycles. The molecule has 0 atom stereocenters. The molecule has 0 heterocycles. The van der Waals surface area contributed by atoms with Gasteiger partial charge in [0.15, 0.2) is 0 Å². The van der Waals surface area contributed by atoms with Gasteiger partial charge in [-0.25, -0.2) is 0 Å². The summed E-state index contributed by atoms with van der Waals surface area (Å²) in [4.78, 5) is 22.2. The van der Waals surface area contributed by atoms with Gasteiger partial charge in [-0.15, -0.1) is 0 Å². The number of amides is 1. The Kier molecular flexibility index (Phi) is 4.74. The topological polar surface area (TPSA) is 93.5 Å². The molecule has 21 heavy (non-hydrogen) atoms. The van der Waals surface area contributed by atoms with Crippen molar-refractivity contribution in [1.82, 2.24) is 5.32 Å². The first-order valence-corrected chi connectivity index (χ1v) is 6.93. The van der Waals surface area contributed by atoms with Crippen molar-refractivity contribution in [3.63, 3.8) is 0 Å². The maximum absolute atomic E-state index is 11.6. The van der Waals surface area contributed by atoms with E-state index in [0.29, 0.717) is 17.9 Å². The second-order valence-corrected chi connectivity index (χ2v) is 4.96. The molecule has 1 aliphatic carbocycles. The van der Waals surface area contributed by atoms with Gasteiger partial charge in [-0.1, -0.05) is 0 Å². The molecule has 0 spiro atoms. The zero-order valence-corrected chi connectivity index (χ0v) is 12.1. The molecule has 1 saturated carbocycles. The summed E-state index contributed by atoms with van der Waals surface area (Å²) < 4.78 is 5.46. The van der Waals surface area contributed by atoms with E-state index in [4.69, 9.17) is 4.74 Å². The maximum atomic E-state index is 11.6. The number of benzene rings is 1. The van der Waals surface area contributed by atoms with Gasteiger partial charge in [0.2, 0.25) is 0 Å². The number of nitro benzene ring substituents is 1. The van der Waals surface area contributed by atoms with Gasteiger partial charge in [0.05, 0.1) is 11.0 Å². The molecule has 114 valence electrons. The van der Waals surface area contributed by atoms with E-state index in [0.717, 1.165) is 12.8 Å². The van der Waals surface area contributed by atoms with Crippen LogP contribution in [-0.2, 0) is 4.74 Å². The largest absolute Gasteiger partial charge is 0.378 e. The van der Waals surface area contributed by atoms with E-state index in [-0.39, 0.29) is 23.7 Å². The standard InChI is InChI=1S/C14H19N3O4/c1-3-21-11-7-10(8-11)16-12-6-9(14(18)15-2)4-5-13(12)17(19)20/h4-6,10-11,16H,3,7-8H2,1-2H3,(H,15,18). The minimum Gasteiger partial charge on any atom is -0.378 e. The Bertz CT molecular complexity index is 541. The van der Waals surface area contributed by atoms with E-state index in [1.165, 1.54) is 25.2 Å². The molecule has 0 radical (unpaired) electrons. The Balaban J connectivity index is 2.12. The fourth-order valence-corrected chi connectivity index (χ4v) is 2.37. The number of carbonyl (C=O) groups is 1. The van der Waals surface area contributed by atoms with Crippen LogP contribution >= 0.6 is 0 Å². The van der Waals surface area contributed by atoms with Crippen LogP contribution in [0.5, 0.6) is 0 Å². The molecule has 0 bridgehead atoms. The average molecular weight is 293 g/mol. The summed E-state index contributed by atoms with van der Waals surface area (Å²) in [6.45, 7) is 2.61. The molecule has 1 aliphatic rings. The number of nitrogens with one attached hydrogen (secondary N) is 2. The minimum absolute atomic E-state index is 0.0255. The number of nitro groups is 1. The zero-order valence-electron chi connectivity index (χ0n) is 12.1. The van der Waals surface area contributed by atoms with Crippen LogP contribution in [0.15, 0.2) is 18.2 Å². The molecule has 0 saturated heterocycles. The van der Waals surface area contributed by atoms with E-state index in [9.17, 15) is 14.9 Å². The second kappa shape index (κ2) is 6.53. The molecule has 1 aromatic carbocycles. The van der Waals surface area contributed by atoms with Crippen LogP contribution in [0.2, 0.25) is 0 Å². The molecule has 2 N–H and O–H groups in total. The third kappa shape index (κ3) is 3.49. The minimum atomic E-state index is -0.450. The Hall–Kier alpha value is -2.15. The Labute approximate surface area is 122 Å². The summed E-state index contributed by atoms with van der Waals surface area (Å²) in [5.74, 6) is -0.270. The maximum Gasteiger partial charge on any atom is 0.292 e. The van der Waals surface area contributed by atoms with Crippen LogP contribution in [0.25, 0.3) is 0 Å². The lowest BCUT2D eigenvalue weighted by molar-refractivity contribution is -0.384. The summed E-state index contributed by atoms with van der Waals surface area (Å²) in [5.41, 5.74) is 0.745. The smallest absolute Gasteiger partial charge is 0.292 e. The molecule has 1 aromatic rings. The van der Waals surface area contributed by atoms with E-state index in [2.05, 4.69) is 10.6 Å². The van der Waals surface area contributed by atoms with Gasteiger partial charge in [0, 0.05) is 31.3 Å². The van der Waals surface area contributed by atoms with Crippen molar-refractivity contribution in [2.75, 3.05) is 19.0 Å². The predicted octanol–water partition coefficient (Wildman–Crippen LogP) is 1.93. The number of rotatable bonds is 6. The third-order valence-corrected chi connectivity index (χ3v) is 3.54. The van der Waals surface area contributed by atoms with Crippen molar-refractivity contribution >= 4 is 17.3 Å². The fraction of sp³-hybridized carbons (Fsp3) is 0.500. The van der Waals surface area contributed by atoms with E-state index < -0.39 is 4.92 Å². The van der Waals surface area contributed by atoms with Gasteiger partial charge >= 0.3 is 0 Å². The summed E-state index contributed by atoms with van der Waals surface area (Å²) in [6, 6.07) is 4.46. The van der Waals surface area contributed by atoms with Crippen LogP contribution < -0.4 is 10.6 Å². The lowest BCUT2D eigenvalue weighted by Crippen LogP contribution is -2.41. The first kappa shape index (κ1) is 15.2. The molecule has 1 amide bonds. The number of carbonyl (C=O) groups excluding carboxylic acids is 1. The van der Waals surface area contributed by atoms with Crippen molar-refractivity contribution in [3.05, 3.63) is 33.9 Å². The highest BCUT2D eigenvalue weighted by molar-refractivity contribution is 5.95. The number of nitrogens with zero attached hydrogens (tertiary/aromatic N) is 1. The highest BCUT2D eigenvalue weighted by Gasteiger charge is 2.31. The van der Waals surface area contributed by atoms with Gasteiger partial charge in [0.1, 0.15) is 5.69 Å². The summed E-state index contributed by atoms with van der Waals surface area (Å²) in [6.07, 6.45) is 1.85. The Morgan fingerprint density at radius 3 is 2.76 bits per heavy atom. The number of anilines is 1. The van der Waals surface area contributed by atoms with Crippen molar-refractivity contribution in [3.8, 4) is 0 Å². The Morgan fingerprint density at radius 1 is 1.48 bits per heavy atom. The van der Waals surface area contributed by atoms with Crippen molar-refractivity contribution < 1.29 is 14.5 Å². The summed E-state index contributed by atoms with van der Waals surface area (Å²) in [5, 5.41) is 16.7. The number of hydrogen-bond donors (Lipinski definition) is 2. The zero-order chi connectivity index (χ0) is 15.4. The predicted molar refractivity (Wildman–Crippen MR) is 78.5 cm³/mol. The quantitative estimate of drug-likeness (QED) is 0.617. The van der Waals surface area contributed by atoms with Gasteiger partial charge in [-0.05, 0) is 31.9 Å². The van der Waals surface area contributed by atoms with Crippen molar-refractivity contribution in [2.45, 2.75) is 31.9 Å². The number of hydrogen-bond acceptors (Lipinski definition) is 5. The molecule has 1 fully saturated rings. The molecule has 2 rings (SSSR count). The van der Waals surface area contributed by atoms with Gasteiger partial charge in [-0.3, -0.25) is 14.9 Å². The summed E-state index contributed by atoms with van der Waals surface area (Å²) in [7, 11) is 1.52. The third-order valence-electron chi connectivity index (χ3n) is 3.54. The Morgan fingerprint density at radius 2 is 2.19 bits per heavy atom. The normalized spacial score (nSPS) is 20.5. The van der Waals surface area contributed by atoms with E-state index in [1.807, 2.05) is 6.92 Å². The second-order valence-electron chi connectivity index (χ2n) is 4.96. The first-order chi connectivity index (χ1) is 10.0. The molecule has 7 heteroatoms. The van der Waals surface area contributed by atoms with Crippen molar-refractivity contribution in [1.29, 1.82) is 0 Å². The molecule has 0 aromatic heterocycles. The summed E-state index contributed by atoms with van der Waals surface area (Å²) >= 11 is 0. The highest BCUT2D eigenvalue weighted by atomic mass is 16.6. The van der Waals surface area contributed by atoms with Crippen LogP contribution in [-0.4, -0.2) is 36.6 Å². The van der Waals surface area contributed by atoms with Gasteiger partial charge in [0.25, 0.3) is 11.6 Å². The monoisotopic (exact) mass is 293 g/mol. The lowest BCUT2D eigenvalue weighted by atomic mass is 9.89. The molecule has 0 unspecified atom stereocenters. The van der Waals surface area contributed by atoms with Crippen LogP contribution in [0, 0.1) is 10.1 Å². The SMILES string of the molecule is CCOC1CC(Nc2cc(C(=O)NC)ccc2[N+](=O)[O-])C1. The molecular formula is C14H19N3O4. The fourth-order valence-electron chi connectivity index (χ4n) is 2.37. The number of ether oxygens (including phenoxy) is 1. The first-order valence-electron chi connectivity index (χ1n) is 6.93. The molecule has 7 nitrogen and oxygen atoms in total. The lowest BCUT2D eigenvalue weighted by Gasteiger charge is -2.35. The molecular weight excluding hydrogens is 274 g/mol. The van der Waals surface area contributed by atoms with Crippen LogP contribution in [0.1, 0.15) is 30.1 Å². The van der Waals surface area contributed by atoms with E-state index >= 15 is 0 Å².